The molecule has 4 aliphatic rings. The molecule has 7 rings (SSSR count). The first kappa shape index (κ1) is 34.5. The van der Waals surface area contributed by atoms with Crippen LogP contribution in [-0.2, 0) is 14.3 Å². The molecule has 12 nitrogen and oxygen atoms in total. The summed E-state index contributed by atoms with van der Waals surface area (Å²) >= 11 is 0. The molecule has 7 heterocycles. The Hall–Kier alpha value is -4.94. The van der Waals surface area contributed by atoms with Crippen molar-refractivity contribution in [1.82, 2.24) is 29.7 Å². The first-order chi connectivity index (χ1) is 24.6. The average molecular weight is 693 g/mol. The van der Waals surface area contributed by atoms with E-state index < -0.39 is 5.91 Å². The number of methoxy groups -OCH3 is 1. The predicted octanol–water partition coefficient (Wildman–Crippen LogP) is 5.85. The number of allylic oxidation sites excluding steroid dienone is 2. The molecule has 3 aromatic rings. The number of imide groups is 1. The second-order valence-electron chi connectivity index (χ2n) is 13.8. The van der Waals surface area contributed by atoms with Crippen molar-refractivity contribution in [3.05, 3.63) is 68.8 Å². The van der Waals surface area contributed by atoms with Crippen LogP contribution in [0.1, 0.15) is 117 Å². The Morgan fingerprint density at radius 1 is 0.961 bits per heavy atom. The van der Waals surface area contributed by atoms with Gasteiger partial charge in [-0.05, 0) is 74.1 Å². The lowest BCUT2D eigenvalue weighted by Gasteiger charge is -2.31. The molecule has 0 spiro atoms. The summed E-state index contributed by atoms with van der Waals surface area (Å²) in [5.41, 5.74) is 10.1. The third kappa shape index (κ3) is 5.89. The SMILES string of the molecule is CCC1=C(C)c2cc3[nH]c(cc4nc(c5c6[nH]c(cc1n2)c(C)c6C(=O)N(CCN1CCOCC1)C5=O)[C@@H](CCC(=O)OC)[C@@H]4C)c(C)c3C=O. The predicted molar refractivity (Wildman–Crippen MR) is 194 cm³/mol. The Bertz CT molecular complexity index is 2170. The van der Waals surface area contributed by atoms with Crippen LogP contribution in [0.4, 0.5) is 0 Å². The molecule has 1 saturated heterocycles. The van der Waals surface area contributed by atoms with Gasteiger partial charge in [0.15, 0.2) is 6.29 Å². The molecular formula is C39H44N6O6. The summed E-state index contributed by atoms with van der Waals surface area (Å²) in [6, 6.07) is 5.79. The van der Waals surface area contributed by atoms with Gasteiger partial charge in [0.1, 0.15) is 0 Å². The number of nitrogens with one attached hydrogen (secondary N) is 2. The molecule has 0 unspecified atom stereocenters. The molecule has 2 atom stereocenters. The van der Waals surface area contributed by atoms with E-state index in [4.69, 9.17) is 19.4 Å². The second-order valence-corrected chi connectivity index (χ2v) is 13.8. The highest BCUT2D eigenvalue weighted by Crippen LogP contribution is 2.44. The van der Waals surface area contributed by atoms with Crippen molar-refractivity contribution in [3.8, 4) is 0 Å². The van der Waals surface area contributed by atoms with E-state index in [-0.39, 0.29) is 36.7 Å². The highest BCUT2D eigenvalue weighted by molar-refractivity contribution is 6.23. The van der Waals surface area contributed by atoms with Crippen LogP contribution >= 0.6 is 0 Å². The van der Waals surface area contributed by atoms with Crippen LogP contribution < -0.4 is 0 Å². The second kappa shape index (κ2) is 13.6. The Morgan fingerprint density at radius 2 is 1.67 bits per heavy atom. The van der Waals surface area contributed by atoms with Crippen LogP contribution in [0.3, 0.4) is 0 Å². The summed E-state index contributed by atoms with van der Waals surface area (Å²) in [7, 11) is 1.36. The first-order valence-electron chi connectivity index (χ1n) is 17.7. The van der Waals surface area contributed by atoms with Crippen LogP contribution in [0.15, 0.2) is 18.2 Å². The number of aryl methyl sites for hydroxylation is 2. The number of aromatic nitrogens is 4. The van der Waals surface area contributed by atoms with Gasteiger partial charge in [0, 0.05) is 66.7 Å². The van der Waals surface area contributed by atoms with E-state index in [2.05, 4.69) is 21.8 Å². The van der Waals surface area contributed by atoms with Crippen molar-refractivity contribution in [1.29, 1.82) is 0 Å². The van der Waals surface area contributed by atoms with Gasteiger partial charge in [-0.3, -0.25) is 34.0 Å². The Kier molecular flexibility index (Phi) is 9.23. The minimum Gasteiger partial charge on any atom is -0.469 e. The van der Waals surface area contributed by atoms with Crippen molar-refractivity contribution in [3.63, 3.8) is 0 Å². The Labute approximate surface area is 296 Å². The fourth-order valence-corrected chi connectivity index (χ4v) is 7.94. The van der Waals surface area contributed by atoms with Gasteiger partial charge in [0.2, 0.25) is 0 Å². The molecule has 1 fully saturated rings. The minimum atomic E-state index is -0.417. The molecule has 2 amide bonds. The lowest BCUT2D eigenvalue weighted by atomic mass is 9.84. The lowest BCUT2D eigenvalue weighted by Crippen LogP contribution is -2.47. The number of amides is 2. The van der Waals surface area contributed by atoms with Crippen LogP contribution in [-0.4, -0.2) is 100 Å². The number of ether oxygens (including phenoxy) is 2. The molecule has 3 aromatic heterocycles. The number of nitrogens with zero attached hydrogens (tertiary/aromatic N) is 4. The van der Waals surface area contributed by atoms with E-state index in [0.717, 1.165) is 65.0 Å². The van der Waals surface area contributed by atoms with Gasteiger partial charge in [-0.2, -0.15) is 0 Å². The fourth-order valence-electron chi connectivity index (χ4n) is 7.94. The number of morpholine rings is 1. The molecular weight excluding hydrogens is 648 g/mol. The molecule has 0 aliphatic carbocycles. The number of rotatable bonds is 8. The van der Waals surface area contributed by atoms with E-state index in [1.807, 2.05) is 45.9 Å². The van der Waals surface area contributed by atoms with Gasteiger partial charge < -0.3 is 19.4 Å². The van der Waals surface area contributed by atoms with Crippen molar-refractivity contribution < 1.29 is 28.7 Å². The number of fused-ring (bicyclic) bond motifs is 8. The summed E-state index contributed by atoms with van der Waals surface area (Å²) in [4.78, 5) is 74.7. The average Bonchev–Trinajstić information content (AvgIpc) is 3.80. The van der Waals surface area contributed by atoms with Crippen LogP contribution in [0.2, 0.25) is 0 Å². The zero-order valence-corrected chi connectivity index (χ0v) is 30.1. The Morgan fingerprint density at radius 3 is 2.37 bits per heavy atom. The van der Waals surface area contributed by atoms with E-state index in [9.17, 15) is 19.2 Å². The normalized spacial score (nSPS) is 19.2. The maximum Gasteiger partial charge on any atom is 0.305 e. The van der Waals surface area contributed by atoms with Gasteiger partial charge in [-0.1, -0.05) is 13.8 Å². The van der Waals surface area contributed by atoms with Crippen LogP contribution in [0, 0.1) is 13.8 Å². The topological polar surface area (TPSA) is 151 Å². The molecule has 51 heavy (non-hydrogen) atoms. The van der Waals surface area contributed by atoms with Crippen LogP contribution in [0.5, 0.6) is 0 Å². The number of hydrogen-bond acceptors (Lipinski definition) is 9. The third-order valence-corrected chi connectivity index (χ3v) is 11.1. The highest BCUT2D eigenvalue weighted by Gasteiger charge is 2.41. The number of H-pyrrole nitrogens is 2. The summed E-state index contributed by atoms with van der Waals surface area (Å²) in [6.45, 7) is 13.3. The third-order valence-electron chi connectivity index (χ3n) is 11.1. The molecule has 0 radical (unpaired) electrons. The number of aldehydes is 1. The lowest BCUT2D eigenvalue weighted by molar-refractivity contribution is -0.140. The van der Waals surface area contributed by atoms with Crippen molar-refractivity contribution in [2.24, 2.45) is 0 Å². The number of aromatic amines is 2. The van der Waals surface area contributed by atoms with Gasteiger partial charge in [0.05, 0.1) is 59.6 Å². The van der Waals surface area contributed by atoms with Gasteiger partial charge >= 0.3 is 5.97 Å². The Balaban J connectivity index is 1.55. The standard InChI is InChI=1S/C39H44N6O6/c1-7-24-20(2)28-17-32-26(19-46)22(4)27(41-32)16-29-21(3)25(8-9-33(47)50-6)36(42-29)35-37-34(23(5)30(43-37)18-31(24)40-28)38(48)45(39(35)49)11-10-44-12-14-51-15-13-44/h16-19,21,25,41,43H,7-15H2,1-6H3/t21-,25-/m0/s1. The quantitative estimate of drug-likeness (QED) is 0.168. The molecule has 8 bridgehead atoms. The van der Waals surface area contributed by atoms with Gasteiger partial charge in [0.25, 0.3) is 11.8 Å². The molecule has 266 valence electrons. The molecule has 4 aliphatic heterocycles. The van der Waals surface area contributed by atoms with E-state index in [1.54, 1.807) is 0 Å². The van der Waals surface area contributed by atoms with Crippen molar-refractivity contribution in [2.75, 3.05) is 46.5 Å². The van der Waals surface area contributed by atoms with E-state index in [1.165, 1.54) is 12.0 Å². The largest absolute Gasteiger partial charge is 0.469 e. The number of carbonyl (C=O) groups excluding carboxylic acids is 4. The van der Waals surface area contributed by atoms with E-state index in [0.29, 0.717) is 70.8 Å². The van der Waals surface area contributed by atoms with Crippen molar-refractivity contribution in [2.45, 2.75) is 65.7 Å². The van der Waals surface area contributed by atoms with E-state index >= 15 is 0 Å². The molecule has 0 saturated carbocycles. The number of hydrogen-bond donors (Lipinski definition) is 2. The zero-order chi connectivity index (χ0) is 36.1. The zero-order valence-electron chi connectivity index (χ0n) is 30.1. The number of esters is 1. The summed E-state index contributed by atoms with van der Waals surface area (Å²) in [6.07, 6.45) is 2.10. The highest BCUT2D eigenvalue weighted by atomic mass is 16.5. The molecule has 0 aromatic carbocycles. The summed E-state index contributed by atoms with van der Waals surface area (Å²) in [5, 5.41) is 0. The maximum atomic E-state index is 14.7. The summed E-state index contributed by atoms with van der Waals surface area (Å²) < 4.78 is 10.5. The monoisotopic (exact) mass is 692 g/mol. The fraction of sp³-hybridized carbons (Fsp3) is 0.436. The molecule has 12 heteroatoms. The van der Waals surface area contributed by atoms with Gasteiger partial charge in [-0.15, -0.1) is 0 Å². The van der Waals surface area contributed by atoms with Gasteiger partial charge in [-0.25, -0.2) is 4.98 Å². The first-order valence-corrected chi connectivity index (χ1v) is 17.7. The minimum absolute atomic E-state index is 0.133. The number of carbonyl (C=O) groups is 4. The summed E-state index contributed by atoms with van der Waals surface area (Å²) in [5.74, 6) is -1.65. The maximum absolute atomic E-state index is 14.7. The molecule has 2 N–H and O–H groups in total. The van der Waals surface area contributed by atoms with Crippen LogP contribution in [0.25, 0.3) is 33.2 Å². The van der Waals surface area contributed by atoms with Crippen molar-refractivity contribution >= 4 is 57.3 Å². The smallest absolute Gasteiger partial charge is 0.305 e.